The lowest BCUT2D eigenvalue weighted by molar-refractivity contribution is -0.140. The SMILES string of the molecule is COCCOCCNS(=O)(=O)N(C)CCC(=O)OC. The summed E-state index contributed by atoms with van der Waals surface area (Å²) in [5, 5.41) is 0. The smallest absolute Gasteiger partial charge is 0.306 e. The van der Waals surface area contributed by atoms with Gasteiger partial charge in [-0.25, -0.2) is 0 Å². The molecule has 0 rings (SSSR count). The van der Waals surface area contributed by atoms with Gasteiger partial charge in [0.05, 0.1) is 33.4 Å². The van der Waals surface area contributed by atoms with Crippen LogP contribution in [0.15, 0.2) is 0 Å². The topological polar surface area (TPSA) is 94.2 Å². The number of methoxy groups -OCH3 is 2. The normalized spacial score (nSPS) is 11.8. The lowest BCUT2D eigenvalue weighted by Gasteiger charge is -2.17. The quantitative estimate of drug-likeness (QED) is 0.387. The number of hydrogen-bond donors (Lipinski definition) is 1. The first-order chi connectivity index (χ1) is 8.94. The van der Waals surface area contributed by atoms with E-state index >= 15 is 0 Å². The molecule has 0 aromatic carbocycles. The number of nitrogens with zero attached hydrogens (tertiary/aromatic N) is 1. The molecule has 19 heavy (non-hydrogen) atoms. The summed E-state index contributed by atoms with van der Waals surface area (Å²) >= 11 is 0. The Kier molecular flexibility index (Phi) is 9.70. The summed E-state index contributed by atoms with van der Waals surface area (Å²) in [4.78, 5) is 10.9. The van der Waals surface area contributed by atoms with Crippen LogP contribution in [0.3, 0.4) is 0 Å². The summed E-state index contributed by atoms with van der Waals surface area (Å²) in [5.74, 6) is -0.454. The standard InChI is InChI=1S/C10H22N2O6S/c1-12(6-4-10(13)17-3)19(14,15)11-5-7-18-9-8-16-2/h11H,4-9H2,1-3H3. The first-order valence-corrected chi connectivity index (χ1v) is 7.22. The van der Waals surface area contributed by atoms with Gasteiger partial charge in [0, 0.05) is 27.2 Å². The van der Waals surface area contributed by atoms with E-state index in [2.05, 4.69) is 9.46 Å². The summed E-state index contributed by atoms with van der Waals surface area (Å²) in [6.07, 6.45) is 0.0122. The Morgan fingerprint density at radius 1 is 1.21 bits per heavy atom. The third-order valence-corrected chi connectivity index (χ3v) is 3.80. The van der Waals surface area contributed by atoms with Crippen LogP contribution in [0.25, 0.3) is 0 Å². The highest BCUT2D eigenvalue weighted by molar-refractivity contribution is 7.87. The van der Waals surface area contributed by atoms with Gasteiger partial charge in [-0.2, -0.15) is 17.4 Å². The Bertz CT molecular complexity index is 346. The molecular formula is C10H22N2O6S. The fourth-order valence-corrected chi connectivity index (χ4v) is 1.96. The first kappa shape index (κ1) is 18.3. The molecular weight excluding hydrogens is 276 g/mol. The molecule has 0 amide bonds. The molecule has 8 nitrogen and oxygen atoms in total. The Balaban J connectivity index is 3.86. The molecule has 0 saturated carbocycles. The van der Waals surface area contributed by atoms with Gasteiger partial charge in [0.15, 0.2) is 0 Å². The zero-order valence-corrected chi connectivity index (χ0v) is 12.4. The average Bonchev–Trinajstić information content (AvgIpc) is 2.39. The lowest BCUT2D eigenvalue weighted by Crippen LogP contribution is -2.40. The third-order valence-electron chi connectivity index (χ3n) is 2.23. The number of hydrogen-bond acceptors (Lipinski definition) is 6. The molecule has 0 heterocycles. The lowest BCUT2D eigenvalue weighted by atomic mass is 10.4. The summed E-state index contributed by atoms with van der Waals surface area (Å²) in [6, 6.07) is 0. The molecule has 0 bridgehead atoms. The van der Waals surface area contributed by atoms with Crippen molar-refractivity contribution in [2.75, 3.05) is 54.2 Å². The molecule has 0 aromatic heterocycles. The number of rotatable bonds is 11. The molecule has 0 saturated heterocycles. The largest absolute Gasteiger partial charge is 0.469 e. The van der Waals surface area contributed by atoms with Crippen molar-refractivity contribution in [1.29, 1.82) is 0 Å². The maximum atomic E-state index is 11.7. The van der Waals surface area contributed by atoms with Crippen LogP contribution in [0.4, 0.5) is 0 Å². The second-order valence-electron chi connectivity index (χ2n) is 3.65. The van der Waals surface area contributed by atoms with Gasteiger partial charge in [0.2, 0.25) is 0 Å². The van der Waals surface area contributed by atoms with Crippen molar-refractivity contribution < 1.29 is 27.4 Å². The van der Waals surface area contributed by atoms with E-state index in [0.717, 1.165) is 4.31 Å². The van der Waals surface area contributed by atoms with Crippen LogP contribution in [0, 0.1) is 0 Å². The maximum Gasteiger partial charge on any atom is 0.306 e. The van der Waals surface area contributed by atoms with Crippen LogP contribution in [-0.2, 0) is 29.2 Å². The monoisotopic (exact) mass is 298 g/mol. The minimum absolute atomic E-state index is 0.0122. The molecule has 0 aliphatic carbocycles. The second-order valence-corrected chi connectivity index (χ2v) is 5.51. The van der Waals surface area contributed by atoms with E-state index in [9.17, 15) is 13.2 Å². The molecule has 114 valence electrons. The minimum Gasteiger partial charge on any atom is -0.469 e. The molecule has 0 radical (unpaired) electrons. The summed E-state index contributed by atoms with van der Waals surface area (Å²) < 4.78 is 41.2. The van der Waals surface area contributed by atoms with Crippen molar-refractivity contribution in [3.05, 3.63) is 0 Å². The fraction of sp³-hybridized carbons (Fsp3) is 0.900. The van der Waals surface area contributed by atoms with Crippen molar-refractivity contribution in [3.63, 3.8) is 0 Å². The Morgan fingerprint density at radius 2 is 1.89 bits per heavy atom. The van der Waals surface area contributed by atoms with E-state index in [1.54, 1.807) is 7.11 Å². The van der Waals surface area contributed by atoms with E-state index in [4.69, 9.17) is 9.47 Å². The van der Waals surface area contributed by atoms with Gasteiger partial charge in [0.25, 0.3) is 10.2 Å². The predicted octanol–water partition coefficient (Wildman–Crippen LogP) is -1.02. The Hall–Kier alpha value is -0.740. The Morgan fingerprint density at radius 3 is 2.47 bits per heavy atom. The molecule has 0 unspecified atom stereocenters. The van der Waals surface area contributed by atoms with E-state index in [-0.39, 0.29) is 26.1 Å². The number of ether oxygens (including phenoxy) is 3. The number of carbonyl (C=O) groups excluding carboxylic acids is 1. The molecule has 0 spiro atoms. The van der Waals surface area contributed by atoms with Gasteiger partial charge in [-0.3, -0.25) is 4.79 Å². The highest BCUT2D eigenvalue weighted by Gasteiger charge is 2.17. The summed E-state index contributed by atoms with van der Waals surface area (Å²) in [5.41, 5.74) is 0. The van der Waals surface area contributed by atoms with Gasteiger partial charge in [-0.15, -0.1) is 0 Å². The van der Waals surface area contributed by atoms with E-state index in [1.165, 1.54) is 14.2 Å². The number of carbonyl (C=O) groups is 1. The molecule has 0 aromatic rings. The highest BCUT2D eigenvalue weighted by atomic mass is 32.2. The molecule has 0 aliphatic rings. The summed E-state index contributed by atoms with van der Waals surface area (Å²) in [6.45, 7) is 1.36. The van der Waals surface area contributed by atoms with Crippen molar-refractivity contribution in [2.45, 2.75) is 6.42 Å². The van der Waals surface area contributed by atoms with Crippen LogP contribution in [0.5, 0.6) is 0 Å². The summed E-state index contributed by atoms with van der Waals surface area (Å²) in [7, 11) is 0.608. The van der Waals surface area contributed by atoms with Gasteiger partial charge < -0.3 is 14.2 Å². The molecule has 9 heteroatoms. The molecule has 0 fully saturated rings. The van der Waals surface area contributed by atoms with Gasteiger partial charge in [0.1, 0.15) is 0 Å². The van der Waals surface area contributed by atoms with E-state index in [0.29, 0.717) is 13.2 Å². The molecule has 0 atom stereocenters. The van der Waals surface area contributed by atoms with Crippen molar-refractivity contribution in [1.82, 2.24) is 9.03 Å². The molecule has 0 aliphatic heterocycles. The van der Waals surface area contributed by atoms with Crippen LogP contribution in [-0.4, -0.2) is 72.9 Å². The maximum absolute atomic E-state index is 11.7. The van der Waals surface area contributed by atoms with Crippen LogP contribution in [0.1, 0.15) is 6.42 Å². The first-order valence-electron chi connectivity index (χ1n) is 5.78. The van der Waals surface area contributed by atoms with E-state index < -0.39 is 16.2 Å². The van der Waals surface area contributed by atoms with E-state index in [1.807, 2.05) is 0 Å². The zero-order valence-electron chi connectivity index (χ0n) is 11.5. The van der Waals surface area contributed by atoms with Crippen molar-refractivity contribution >= 4 is 16.2 Å². The van der Waals surface area contributed by atoms with Gasteiger partial charge in [-0.05, 0) is 0 Å². The average molecular weight is 298 g/mol. The predicted molar refractivity (Wildman–Crippen MR) is 68.9 cm³/mol. The number of esters is 1. The third kappa shape index (κ3) is 8.89. The number of nitrogens with one attached hydrogen (secondary N) is 1. The zero-order chi connectivity index (χ0) is 14.7. The van der Waals surface area contributed by atoms with Gasteiger partial charge in [-0.1, -0.05) is 0 Å². The van der Waals surface area contributed by atoms with Gasteiger partial charge >= 0.3 is 5.97 Å². The second kappa shape index (κ2) is 10.1. The fourth-order valence-electron chi connectivity index (χ4n) is 1.07. The minimum atomic E-state index is -3.59. The van der Waals surface area contributed by atoms with Crippen molar-refractivity contribution in [3.8, 4) is 0 Å². The van der Waals surface area contributed by atoms with Crippen LogP contribution < -0.4 is 4.72 Å². The highest BCUT2D eigenvalue weighted by Crippen LogP contribution is 1.96. The van der Waals surface area contributed by atoms with Crippen LogP contribution in [0.2, 0.25) is 0 Å². The van der Waals surface area contributed by atoms with Crippen molar-refractivity contribution in [2.24, 2.45) is 0 Å². The molecule has 1 N–H and O–H groups in total. The van der Waals surface area contributed by atoms with Crippen LogP contribution >= 0.6 is 0 Å². The Labute approximate surface area is 114 Å².